The van der Waals surface area contributed by atoms with Gasteiger partial charge < -0.3 is 9.80 Å². The molecule has 0 heterocycles. The van der Waals surface area contributed by atoms with E-state index in [2.05, 4.69) is 125 Å². The van der Waals surface area contributed by atoms with Crippen LogP contribution in [0.5, 0.6) is 0 Å². The van der Waals surface area contributed by atoms with Crippen molar-refractivity contribution < 1.29 is 0 Å². The van der Waals surface area contributed by atoms with Gasteiger partial charge in [0.1, 0.15) is 0 Å². The quantitative estimate of drug-likeness (QED) is 0.277. The Balaban J connectivity index is 1.65. The largest absolute Gasteiger partial charge is 0.310 e. The Kier molecular flexibility index (Phi) is 5.67. The van der Waals surface area contributed by atoms with Crippen molar-refractivity contribution in [2.45, 2.75) is 0 Å². The highest BCUT2D eigenvalue weighted by Crippen LogP contribution is 2.39. The van der Waals surface area contributed by atoms with Gasteiger partial charge in [0, 0.05) is 34.5 Å². The van der Waals surface area contributed by atoms with Gasteiger partial charge in [0.25, 0.3) is 0 Å². The minimum Gasteiger partial charge on any atom is -0.310 e. The SMILES string of the molecule is [c]1ccc(N(c2ccccc2)c2ccccc2)cc1N(c1ccccc1)c1ccccc1. The van der Waals surface area contributed by atoms with E-state index < -0.39 is 0 Å². The molecular weight excluding hydrogens is 388 g/mol. The van der Waals surface area contributed by atoms with Gasteiger partial charge in [-0.3, -0.25) is 0 Å². The number of benzene rings is 5. The molecule has 0 aliphatic heterocycles. The maximum atomic E-state index is 3.46. The number of nitrogens with zero attached hydrogens (tertiary/aromatic N) is 2. The Hall–Kier alpha value is -4.30. The molecule has 153 valence electrons. The van der Waals surface area contributed by atoms with Crippen molar-refractivity contribution in [1.82, 2.24) is 0 Å². The van der Waals surface area contributed by atoms with Crippen LogP contribution < -0.4 is 9.80 Å². The lowest BCUT2D eigenvalue weighted by atomic mass is 10.1. The highest BCUT2D eigenvalue weighted by molar-refractivity contribution is 5.82. The molecule has 5 aromatic rings. The Morgan fingerprint density at radius 3 is 1.16 bits per heavy atom. The molecule has 0 spiro atoms. The second-order valence-electron chi connectivity index (χ2n) is 7.45. The fraction of sp³-hybridized carbons (Fsp3) is 0. The number of hydrogen-bond donors (Lipinski definition) is 0. The summed E-state index contributed by atoms with van der Waals surface area (Å²) in [7, 11) is 0. The zero-order chi connectivity index (χ0) is 21.6. The van der Waals surface area contributed by atoms with Crippen molar-refractivity contribution in [3.8, 4) is 0 Å². The van der Waals surface area contributed by atoms with E-state index in [0.717, 1.165) is 34.1 Å². The first kappa shape index (κ1) is 19.7. The number of anilines is 6. The van der Waals surface area contributed by atoms with Gasteiger partial charge in [0.05, 0.1) is 5.69 Å². The van der Waals surface area contributed by atoms with Crippen LogP contribution in [0.15, 0.2) is 140 Å². The molecule has 0 aliphatic rings. The van der Waals surface area contributed by atoms with Gasteiger partial charge in [0.15, 0.2) is 0 Å². The predicted octanol–water partition coefficient (Wildman–Crippen LogP) is 8.43. The molecule has 0 amide bonds. The monoisotopic (exact) mass is 411 g/mol. The van der Waals surface area contributed by atoms with E-state index in [0.29, 0.717) is 0 Å². The fourth-order valence-corrected chi connectivity index (χ4v) is 3.89. The Morgan fingerprint density at radius 1 is 0.375 bits per heavy atom. The lowest BCUT2D eigenvalue weighted by molar-refractivity contribution is 1.25. The second kappa shape index (κ2) is 9.23. The van der Waals surface area contributed by atoms with Crippen molar-refractivity contribution in [3.63, 3.8) is 0 Å². The summed E-state index contributed by atoms with van der Waals surface area (Å²) in [5, 5.41) is 0. The first-order valence-electron chi connectivity index (χ1n) is 10.7. The van der Waals surface area contributed by atoms with Crippen LogP contribution in [0.25, 0.3) is 0 Å². The molecule has 5 aromatic carbocycles. The van der Waals surface area contributed by atoms with Crippen molar-refractivity contribution >= 4 is 34.1 Å². The average molecular weight is 412 g/mol. The lowest BCUT2D eigenvalue weighted by Gasteiger charge is -2.29. The van der Waals surface area contributed by atoms with Crippen LogP contribution in [-0.2, 0) is 0 Å². The molecule has 0 fully saturated rings. The number of para-hydroxylation sites is 4. The molecule has 0 aromatic heterocycles. The molecule has 0 saturated heterocycles. The van der Waals surface area contributed by atoms with Gasteiger partial charge in [-0.1, -0.05) is 78.9 Å². The first-order valence-corrected chi connectivity index (χ1v) is 10.7. The topological polar surface area (TPSA) is 6.48 Å². The Labute approximate surface area is 189 Å². The van der Waals surface area contributed by atoms with Crippen LogP contribution in [0, 0.1) is 6.07 Å². The van der Waals surface area contributed by atoms with Crippen LogP contribution in [0.1, 0.15) is 0 Å². The van der Waals surface area contributed by atoms with Gasteiger partial charge in [-0.25, -0.2) is 0 Å². The first-order chi connectivity index (χ1) is 15.9. The van der Waals surface area contributed by atoms with Crippen molar-refractivity contribution in [1.29, 1.82) is 0 Å². The van der Waals surface area contributed by atoms with Crippen molar-refractivity contribution in [2.75, 3.05) is 9.80 Å². The molecule has 2 heteroatoms. The molecule has 0 bridgehead atoms. The van der Waals surface area contributed by atoms with E-state index in [1.54, 1.807) is 0 Å². The summed E-state index contributed by atoms with van der Waals surface area (Å²) in [6.07, 6.45) is 0. The molecule has 0 aliphatic carbocycles. The van der Waals surface area contributed by atoms with Crippen LogP contribution >= 0.6 is 0 Å². The third-order valence-corrected chi connectivity index (χ3v) is 5.33. The smallest absolute Gasteiger partial charge is 0.0561 e. The molecule has 2 nitrogen and oxygen atoms in total. The number of rotatable bonds is 6. The molecule has 0 unspecified atom stereocenters. The van der Waals surface area contributed by atoms with E-state index in [1.165, 1.54) is 0 Å². The Bertz CT molecular complexity index is 1080. The van der Waals surface area contributed by atoms with Crippen LogP contribution in [0.4, 0.5) is 34.1 Å². The molecular formula is C30H23N2. The average Bonchev–Trinajstić information content (AvgIpc) is 2.87. The van der Waals surface area contributed by atoms with E-state index in [4.69, 9.17) is 0 Å². The van der Waals surface area contributed by atoms with E-state index in [9.17, 15) is 0 Å². The van der Waals surface area contributed by atoms with Crippen molar-refractivity contribution in [3.05, 3.63) is 146 Å². The summed E-state index contributed by atoms with van der Waals surface area (Å²) in [6, 6.07) is 51.5. The zero-order valence-electron chi connectivity index (χ0n) is 17.7. The minimum atomic E-state index is 0.983. The lowest BCUT2D eigenvalue weighted by Crippen LogP contribution is -2.13. The predicted molar refractivity (Wildman–Crippen MR) is 135 cm³/mol. The zero-order valence-corrected chi connectivity index (χ0v) is 17.7. The summed E-state index contributed by atoms with van der Waals surface area (Å²) in [5.74, 6) is 0. The summed E-state index contributed by atoms with van der Waals surface area (Å²) in [6.45, 7) is 0. The molecule has 1 radical (unpaired) electrons. The highest BCUT2D eigenvalue weighted by atomic mass is 15.2. The fourth-order valence-electron chi connectivity index (χ4n) is 3.89. The maximum absolute atomic E-state index is 3.46. The highest BCUT2D eigenvalue weighted by Gasteiger charge is 2.16. The molecule has 0 saturated carbocycles. The molecule has 0 N–H and O–H groups in total. The van der Waals surface area contributed by atoms with Gasteiger partial charge in [-0.15, -0.1) is 0 Å². The van der Waals surface area contributed by atoms with E-state index >= 15 is 0 Å². The normalized spacial score (nSPS) is 10.5. The van der Waals surface area contributed by atoms with Gasteiger partial charge in [-0.2, -0.15) is 0 Å². The summed E-state index contributed by atoms with van der Waals surface area (Å²) >= 11 is 0. The van der Waals surface area contributed by atoms with E-state index in [-0.39, 0.29) is 0 Å². The summed E-state index contributed by atoms with van der Waals surface area (Å²) < 4.78 is 0. The van der Waals surface area contributed by atoms with Crippen molar-refractivity contribution in [2.24, 2.45) is 0 Å². The van der Waals surface area contributed by atoms with Gasteiger partial charge >= 0.3 is 0 Å². The third kappa shape index (κ3) is 4.12. The maximum Gasteiger partial charge on any atom is 0.0561 e. The summed E-state index contributed by atoms with van der Waals surface area (Å²) in [5.41, 5.74) is 6.48. The standard InChI is InChI=1S/C30H23N2/c1-5-14-25(15-6-1)31(26-16-7-2-8-17-26)29-22-13-23-30(24-29)32(27-18-9-3-10-19-27)28-20-11-4-12-21-28/h1-22,24H. The number of hydrogen-bond acceptors (Lipinski definition) is 2. The third-order valence-electron chi connectivity index (χ3n) is 5.33. The molecule has 0 atom stereocenters. The van der Waals surface area contributed by atoms with Gasteiger partial charge in [-0.05, 0) is 60.7 Å². The van der Waals surface area contributed by atoms with Crippen LogP contribution in [0.3, 0.4) is 0 Å². The Morgan fingerprint density at radius 2 is 0.750 bits per heavy atom. The van der Waals surface area contributed by atoms with E-state index in [1.807, 2.05) is 30.3 Å². The van der Waals surface area contributed by atoms with Gasteiger partial charge in [0.2, 0.25) is 0 Å². The van der Waals surface area contributed by atoms with Crippen LogP contribution in [0.2, 0.25) is 0 Å². The van der Waals surface area contributed by atoms with Crippen LogP contribution in [-0.4, -0.2) is 0 Å². The molecule has 5 rings (SSSR count). The summed E-state index contributed by atoms with van der Waals surface area (Å²) in [4.78, 5) is 4.50. The molecule has 32 heavy (non-hydrogen) atoms. The minimum absolute atomic E-state index is 0.983. The second-order valence-corrected chi connectivity index (χ2v) is 7.45.